The molecule has 0 fully saturated rings. The number of hydrogen-bond donors (Lipinski definition) is 1. The van der Waals surface area contributed by atoms with Gasteiger partial charge in [0, 0.05) is 31.4 Å². The topological polar surface area (TPSA) is 54.5 Å². The molecular weight excluding hydrogens is 290 g/mol. The van der Waals surface area contributed by atoms with Crippen molar-refractivity contribution in [2.24, 2.45) is 0 Å². The molecule has 2 aromatic rings. The molecule has 23 heavy (non-hydrogen) atoms. The summed E-state index contributed by atoms with van der Waals surface area (Å²) in [5.74, 6) is 0.734. The highest BCUT2D eigenvalue weighted by Crippen LogP contribution is 2.13. The zero-order chi connectivity index (χ0) is 16.7. The van der Waals surface area contributed by atoms with Gasteiger partial charge in [-0.15, -0.1) is 0 Å². The van der Waals surface area contributed by atoms with Crippen LogP contribution in [0.2, 0.25) is 0 Å². The van der Waals surface area contributed by atoms with Gasteiger partial charge in [-0.3, -0.25) is 9.78 Å². The predicted octanol–water partition coefficient (Wildman–Crippen LogP) is 2.26. The van der Waals surface area contributed by atoms with Gasteiger partial charge < -0.3 is 15.0 Å². The van der Waals surface area contributed by atoms with Crippen molar-refractivity contribution in [3.63, 3.8) is 0 Å². The lowest BCUT2D eigenvalue weighted by Gasteiger charge is -2.17. The molecule has 0 bridgehead atoms. The average molecular weight is 313 g/mol. The Morgan fingerprint density at radius 2 is 2.13 bits per heavy atom. The van der Waals surface area contributed by atoms with Crippen molar-refractivity contribution in [3.8, 4) is 5.75 Å². The zero-order valence-corrected chi connectivity index (χ0v) is 13.9. The van der Waals surface area contributed by atoms with E-state index in [1.54, 1.807) is 18.1 Å². The van der Waals surface area contributed by atoms with Crippen LogP contribution < -0.4 is 10.1 Å². The fourth-order valence-corrected chi connectivity index (χ4v) is 2.10. The number of aryl methyl sites for hydroxylation is 1. The van der Waals surface area contributed by atoms with Crippen molar-refractivity contribution in [2.75, 3.05) is 27.2 Å². The normalized spacial score (nSPS) is 10.4. The number of rotatable bonds is 7. The van der Waals surface area contributed by atoms with E-state index < -0.39 is 0 Å². The SMILES string of the molecule is CNCCN(C)C(=O)c1cccc(COc2ccc(C)nc2)c1. The molecule has 5 heteroatoms. The summed E-state index contributed by atoms with van der Waals surface area (Å²) < 4.78 is 5.71. The predicted molar refractivity (Wildman–Crippen MR) is 90.6 cm³/mol. The summed E-state index contributed by atoms with van der Waals surface area (Å²) in [6.45, 7) is 3.78. The number of ether oxygens (including phenoxy) is 1. The molecule has 5 nitrogen and oxygen atoms in total. The van der Waals surface area contributed by atoms with E-state index in [1.807, 2.05) is 50.4 Å². The lowest BCUT2D eigenvalue weighted by atomic mass is 10.1. The summed E-state index contributed by atoms with van der Waals surface area (Å²) >= 11 is 0. The van der Waals surface area contributed by atoms with E-state index >= 15 is 0 Å². The van der Waals surface area contributed by atoms with Crippen molar-refractivity contribution in [3.05, 3.63) is 59.4 Å². The van der Waals surface area contributed by atoms with Crippen LogP contribution in [0.5, 0.6) is 5.75 Å². The first kappa shape index (κ1) is 17.0. The van der Waals surface area contributed by atoms with E-state index in [4.69, 9.17) is 4.74 Å². The fraction of sp³-hybridized carbons (Fsp3) is 0.333. The van der Waals surface area contributed by atoms with E-state index in [0.717, 1.165) is 23.6 Å². The molecule has 0 saturated carbocycles. The summed E-state index contributed by atoms with van der Waals surface area (Å²) in [5.41, 5.74) is 2.58. The molecule has 0 radical (unpaired) electrons. The van der Waals surface area contributed by atoms with E-state index in [-0.39, 0.29) is 5.91 Å². The second-order valence-electron chi connectivity index (χ2n) is 5.45. The number of nitrogens with one attached hydrogen (secondary N) is 1. The lowest BCUT2D eigenvalue weighted by molar-refractivity contribution is 0.0796. The van der Waals surface area contributed by atoms with Gasteiger partial charge >= 0.3 is 0 Å². The molecule has 1 heterocycles. The minimum atomic E-state index is 0.0131. The number of amides is 1. The Balaban J connectivity index is 1.98. The van der Waals surface area contributed by atoms with Gasteiger partial charge in [0.15, 0.2) is 0 Å². The van der Waals surface area contributed by atoms with E-state index in [2.05, 4.69) is 10.3 Å². The number of likely N-dealkylation sites (N-methyl/N-ethyl adjacent to an activating group) is 2. The summed E-state index contributed by atoms with van der Waals surface area (Å²) in [7, 11) is 3.68. The highest BCUT2D eigenvalue weighted by atomic mass is 16.5. The molecule has 1 aromatic carbocycles. The zero-order valence-electron chi connectivity index (χ0n) is 13.9. The fourth-order valence-electron chi connectivity index (χ4n) is 2.10. The number of aromatic nitrogens is 1. The van der Waals surface area contributed by atoms with E-state index in [9.17, 15) is 4.79 Å². The van der Waals surface area contributed by atoms with Gasteiger partial charge in [0.05, 0.1) is 6.20 Å². The van der Waals surface area contributed by atoms with Crippen LogP contribution in [-0.4, -0.2) is 43.0 Å². The molecule has 0 spiro atoms. The molecule has 1 N–H and O–H groups in total. The Kier molecular flexibility index (Phi) is 6.11. The van der Waals surface area contributed by atoms with Gasteiger partial charge in [-0.25, -0.2) is 0 Å². The first-order valence-electron chi connectivity index (χ1n) is 7.64. The van der Waals surface area contributed by atoms with E-state index in [0.29, 0.717) is 18.7 Å². The highest BCUT2D eigenvalue weighted by molar-refractivity contribution is 5.94. The summed E-state index contributed by atoms with van der Waals surface area (Å²) in [6.07, 6.45) is 1.70. The maximum Gasteiger partial charge on any atom is 0.253 e. The molecular formula is C18H23N3O2. The Morgan fingerprint density at radius 1 is 1.30 bits per heavy atom. The number of pyridine rings is 1. The summed E-state index contributed by atoms with van der Waals surface area (Å²) in [6, 6.07) is 11.3. The van der Waals surface area contributed by atoms with Crippen molar-refractivity contribution < 1.29 is 9.53 Å². The van der Waals surface area contributed by atoms with Crippen LogP contribution in [-0.2, 0) is 6.61 Å². The molecule has 2 rings (SSSR count). The summed E-state index contributed by atoms with van der Waals surface area (Å²) in [5, 5.41) is 3.04. The highest BCUT2D eigenvalue weighted by Gasteiger charge is 2.11. The number of nitrogens with zero attached hydrogens (tertiary/aromatic N) is 2. The van der Waals surface area contributed by atoms with Crippen LogP contribution in [0.4, 0.5) is 0 Å². The average Bonchev–Trinajstić information content (AvgIpc) is 2.58. The first-order valence-corrected chi connectivity index (χ1v) is 7.64. The van der Waals surface area contributed by atoms with Gasteiger partial charge in [0.25, 0.3) is 5.91 Å². The van der Waals surface area contributed by atoms with Crippen molar-refractivity contribution in [1.82, 2.24) is 15.2 Å². The van der Waals surface area contributed by atoms with Crippen LogP contribution >= 0.6 is 0 Å². The Bertz CT molecular complexity index is 641. The lowest BCUT2D eigenvalue weighted by Crippen LogP contribution is -2.32. The van der Waals surface area contributed by atoms with Crippen LogP contribution in [0.15, 0.2) is 42.6 Å². The molecule has 0 aliphatic rings. The van der Waals surface area contributed by atoms with Gasteiger partial charge in [-0.1, -0.05) is 12.1 Å². The monoisotopic (exact) mass is 313 g/mol. The van der Waals surface area contributed by atoms with Crippen LogP contribution in [0.25, 0.3) is 0 Å². The second kappa shape index (κ2) is 8.29. The molecule has 122 valence electrons. The van der Waals surface area contributed by atoms with Crippen molar-refractivity contribution in [1.29, 1.82) is 0 Å². The molecule has 0 atom stereocenters. The van der Waals surface area contributed by atoms with Crippen LogP contribution in [0.3, 0.4) is 0 Å². The molecule has 1 amide bonds. The molecule has 0 unspecified atom stereocenters. The molecule has 1 aromatic heterocycles. The quantitative estimate of drug-likeness (QED) is 0.852. The maximum atomic E-state index is 12.4. The Labute approximate surface area is 137 Å². The van der Waals surface area contributed by atoms with Gasteiger partial charge in [-0.2, -0.15) is 0 Å². The van der Waals surface area contributed by atoms with Crippen LogP contribution in [0.1, 0.15) is 21.6 Å². The number of carbonyl (C=O) groups is 1. The molecule has 0 aliphatic heterocycles. The Morgan fingerprint density at radius 3 is 2.83 bits per heavy atom. The smallest absolute Gasteiger partial charge is 0.253 e. The van der Waals surface area contributed by atoms with Crippen molar-refractivity contribution in [2.45, 2.75) is 13.5 Å². The minimum absolute atomic E-state index is 0.0131. The third-order valence-electron chi connectivity index (χ3n) is 3.51. The standard InChI is InChI=1S/C18H23N3O2/c1-14-7-8-17(12-20-14)23-13-15-5-4-6-16(11-15)18(22)21(3)10-9-19-2/h4-8,11-12,19H,9-10,13H2,1-3H3. The first-order chi connectivity index (χ1) is 11.1. The second-order valence-corrected chi connectivity index (χ2v) is 5.45. The molecule has 0 saturated heterocycles. The largest absolute Gasteiger partial charge is 0.487 e. The van der Waals surface area contributed by atoms with E-state index in [1.165, 1.54) is 0 Å². The molecule has 0 aliphatic carbocycles. The van der Waals surface area contributed by atoms with Gasteiger partial charge in [0.2, 0.25) is 0 Å². The van der Waals surface area contributed by atoms with Crippen molar-refractivity contribution >= 4 is 5.91 Å². The number of hydrogen-bond acceptors (Lipinski definition) is 4. The third-order valence-corrected chi connectivity index (χ3v) is 3.51. The number of benzene rings is 1. The maximum absolute atomic E-state index is 12.4. The Hall–Kier alpha value is -2.40. The third kappa shape index (κ3) is 5.07. The van der Waals surface area contributed by atoms with Crippen LogP contribution in [0, 0.1) is 6.92 Å². The minimum Gasteiger partial charge on any atom is -0.487 e. The van der Waals surface area contributed by atoms with Gasteiger partial charge in [-0.05, 0) is 43.8 Å². The van der Waals surface area contributed by atoms with Gasteiger partial charge in [0.1, 0.15) is 12.4 Å². The summed E-state index contributed by atoms with van der Waals surface area (Å²) in [4.78, 5) is 18.3. The number of carbonyl (C=O) groups excluding carboxylic acids is 1.